The Bertz CT molecular complexity index is 1010. The Morgan fingerprint density at radius 3 is 1.22 bits per heavy atom. The van der Waals surface area contributed by atoms with Gasteiger partial charge in [0.25, 0.3) is 0 Å². The van der Waals surface area contributed by atoms with Gasteiger partial charge in [0.15, 0.2) is 37.6 Å². The van der Waals surface area contributed by atoms with Crippen molar-refractivity contribution in [2.75, 3.05) is 47.9 Å². The van der Waals surface area contributed by atoms with Gasteiger partial charge in [-0.25, -0.2) is 0 Å². The first-order valence-electron chi connectivity index (χ1n) is 11.7. The minimum Gasteiger partial charge on any atom is -1.00 e. The summed E-state index contributed by atoms with van der Waals surface area (Å²) in [4.78, 5) is 0. The second-order valence-electron chi connectivity index (χ2n) is 8.33. The maximum absolute atomic E-state index is 6.14. The molecule has 0 N–H and O–H groups in total. The summed E-state index contributed by atoms with van der Waals surface area (Å²) in [5.74, 6) is 2.29. The molecule has 0 aliphatic carbocycles. The number of rotatable bonds is 14. The number of hydrogen-bond donors (Lipinski definition) is 0. The van der Waals surface area contributed by atoms with E-state index in [2.05, 4.69) is 38.1 Å². The zero-order valence-corrected chi connectivity index (χ0v) is 24.6. The number of ether oxygens (including phenoxy) is 6. The van der Waals surface area contributed by atoms with Gasteiger partial charge in [0.2, 0.25) is 0 Å². The van der Waals surface area contributed by atoms with Gasteiger partial charge in [0.05, 0.1) is 6.16 Å². The molecule has 6 nitrogen and oxygen atoms in total. The SMILES string of the molecule is COCOc1ccccc1[P+](CC=C(C)C)(c1ccccc1OCOC)c1ccccc1OCOC.[Br-]. The van der Waals surface area contributed by atoms with Gasteiger partial charge in [-0.3, -0.25) is 0 Å². The van der Waals surface area contributed by atoms with Crippen molar-refractivity contribution in [1.82, 2.24) is 0 Å². The van der Waals surface area contributed by atoms with Crippen molar-refractivity contribution in [2.24, 2.45) is 0 Å². The maximum atomic E-state index is 6.14. The first-order chi connectivity index (χ1) is 17.6. The molecule has 3 rings (SSSR count). The predicted molar refractivity (Wildman–Crippen MR) is 147 cm³/mol. The van der Waals surface area contributed by atoms with Gasteiger partial charge in [-0.2, -0.15) is 0 Å². The lowest BCUT2D eigenvalue weighted by Crippen LogP contribution is -3.00. The van der Waals surface area contributed by atoms with Crippen molar-refractivity contribution in [3.8, 4) is 17.2 Å². The molecular formula is C29H36BrO6P. The lowest BCUT2D eigenvalue weighted by Gasteiger charge is -2.30. The molecule has 0 aliphatic heterocycles. The van der Waals surface area contributed by atoms with Gasteiger partial charge in [0.1, 0.15) is 23.2 Å². The van der Waals surface area contributed by atoms with Crippen molar-refractivity contribution in [1.29, 1.82) is 0 Å². The van der Waals surface area contributed by atoms with Gasteiger partial charge in [-0.05, 0) is 56.3 Å². The number of para-hydroxylation sites is 3. The van der Waals surface area contributed by atoms with Crippen LogP contribution in [-0.4, -0.2) is 47.9 Å². The van der Waals surface area contributed by atoms with E-state index in [4.69, 9.17) is 28.4 Å². The van der Waals surface area contributed by atoms with E-state index in [1.807, 2.05) is 54.6 Å². The average molecular weight is 591 g/mol. The second kappa shape index (κ2) is 15.8. The lowest BCUT2D eigenvalue weighted by atomic mass is 10.3. The Morgan fingerprint density at radius 1 is 0.595 bits per heavy atom. The fourth-order valence-corrected chi connectivity index (χ4v) is 8.63. The summed E-state index contributed by atoms with van der Waals surface area (Å²) >= 11 is 0. The summed E-state index contributed by atoms with van der Waals surface area (Å²) in [7, 11) is 2.40. The van der Waals surface area contributed by atoms with Crippen LogP contribution in [0.3, 0.4) is 0 Å². The van der Waals surface area contributed by atoms with Crippen LogP contribution >= 0.6 is 7.26 Å². The molecule has 8 heteroatoms. The first kappa shape index (κ1) is 30.8. The molecule has 0 atom stereocenters. The van der Waals surface area contributed by atoms with Crippen LogP contribution in [-0.2, 0) is 14.2 Å². The van der Waals surface area contributed by atoms with Crippen LogP contribution in [0.4, 0.5) is 0 Å². The van der Waals surface area contributed by atoms with Gasteiger partial charge in [-0.15, -0.1) is 0 Å². The molecule has 0 aliphatic rings. The highest BCUT2D eigenvalue weighted by molar-refractivity contribution is 7.96. The monoisotopic (exact) mass is 590 g/mol. The number of methoxy groups -OCH3 is 3. The number of hydrogen-bond acceptors (Lipinski definition) is 6. The molecule has 0 saturated carbocycles. The van der Waals surface area contributed by atoms with Gasteiger partial charge < -0.3 is 45.4 Å². The Morgan fingerprint density at radius 2 is 0.919 bits per heavy atom. The van der Waals surface area contributed by atoms with Crippen molar-refractivity contribution < 1.29 is 45.4 Å². The summed E-state index contributed by atoms with van der Waals surface area (Å²) in [6.07, 6.45) is 3.02. The zero-order valence-electron chi connectivity index (χ0n) is 22.1. The average Bonchev–Trinajstić information content (AvgIpc) is 2.91. The molecule has 0 radical (unpaired) electrons. The molecule has 0 spiro atoms. The number of benzene rings is 3. The Labute approximate surface area is 231 Å². The van der Waals surface area contributed by atoms with Gasteiger partial charge in [-0.1, -0.05) is 42.0 Å². The summed E-state index contributed by atoms with van der Waals surface area (Å²) < 4.78 is 34.2. The second-order valence-corrected chi connectivity index (χ2v) is 11.8. The third-order valence-electron chi connectivity index (χ3n) is 5.60. The fraction of sp³-hybridized carbons (Fsp3) is 0.310. The highest BCUT2D eigenvalue weighted by atomic mass is 79.9. The topological polar surface area (TPSA) is 55.4 Å². The molecule has 200 valence electrons. The third-order valence-corrected chi connectivity index (χ3v) is 9.91. The van der Waals surface area contributed by atoms with Crippen LogP contribution < -0.4 is 47.1 Å². The molecule has 3 aromatic rings. The Hall–Kier alpha value is -2.41. The first-order valence-corrected chi connectivity index (χ1v) is 13.7. The Balaban J connectivity index is 0.00000481. The summed E-state index contributed by atoms with van der Waals surface area (Å²) in [6, 6.07) is 24.4. The van der Waals surface area contributed by atoms with E-state index in [9.17, 15) is 0 Å². The number of allylic oxidation sites excluding steroid dienone is 2. The van der Waals surface area contributed by atoms with Crippen LogP contribution in [0.2, 0.25) is 0 Å². The van der Waals surface area contributed by atoms with Crippen LogP contribution in [0.1, 0.15) is 13.8 Å². The molecule has 37 heavy (non-hydrogen) atoms. The lowest BCUT2D eigenvalue weighted by molar-refractivity contribution is -0.0000172. The van der Waals surface area contributed by atoms with Gasteiger partial charge in [0, 0.05) is 21.3 Å². The van der Waals surface area contributed by atoms with Crippen LogP contribution in [0, 0.1) is 0 Å². The van der Waals surface area contributed by atoms with Crippen molar-refractivity contribution in [3.63, 3.8) is 0 Å². The van der Waals surface area contributed by atoms with Crippen molar-refractivity contribution >= 4 is 23.2 Å². The maximum Gasteiger partial charge on any atom is 0.188 e. The van der Waals surface area contributed by atoms with E-state index in [-0.39, 0.29) is 37.4 Å². The van der Waals surface area contributed by atoms with Crippen LogP contribution in [0.15, 0.2) is 84.4 Å². The van der Waals surface area contributed by atoms with Crippen LogP contribution in [0.5, 0.6) is 17.2 Å². The third kappa shape index (κ3) is 7.56. The summed E-state index contributed by atoms with van der Waals surface area (Å²) in [5, 5.41) is 3.21. The van der Waals surface area contributed by atoms with E-state index in [0.717, 1.165) is 39.3 Å². The van der Waals surface area contributed by atoms with E-state index in [1.54, 1.807) is 21.3 Å². The minimum absolute atomic E-state index is 0. The van der Waals surface area contributed by atoms with Crippen LogP contribution in [0.25, 0.3) is 0 Å². The molecule has 0 bridgehead atoms. The minimum atomic E-state index is -2.46. The predicted octanol–water partition coefficient (Wildman–Crippen LogP) is 1.90. The standard InChI is InChI=1S/C29H36O6P.BrH/c1-23(2)18-19-36(27-15-9-6-12-24(27)33-20-30-3,28-16-10-7-13-25(28)34-21-31-4)29-17-11-8-14-26(29)35-22-32-5;/h6-18H,19-22H2,1-5H3;1H/q+1;/p-1. The molecule has 3 aromatic carbocycles. The van der Waals surface area contributed by atoms with Crippen molar-refractivity contribution in [2.45, 2.75) is 13.8 Å². The zero-order chi connectivity index (χ0) is 25.8. The normalized spacial score (nSPS) is 10.8. The van der Waals surface area contributed by atoms with E-state index in [0.29, 0.717) is 0 Å². The largest absolute Gasteiger partial charge is 1.00 e. The molecule has 0 unspecified atom stereocenters. The van der Waals surface area contributed by atoms with E-state index >= 15 is 0 Å². The molecule has 0 aromatic heterocycles. The molecule has 0 saturated heterocycles. The molecule has 0 fully saturated rings. The van der Waals surface area contributed by atoms with Gasteiger partial charge >= 0.3 is 0 Å². The molecular weight excluding hydrogens is 555 g/mol. The molecule has 0 amide bonds. The quantitative estimate of drug-likeness (QED) is 0.162. The highest BCUT2D eigenvalue weighted by Gasteiger charge is 2.50. The highest BCUT2D eigenvalue weighted by Crippen LogP contribution is 2.60. The molecule has 0 heterocycles. The van der Waals surface area contributed by atoms with Crippen molar-refractivity contribution in [3.05, 3.63) is 84.4 Å². The number of halogens is 1. The summed E-state index contributed by atoms with van der Waals surface area (Å²) in [6.45, 7) is 4.65. The summed E-state index contributed by atoms with van der Waals surface area (Å²) in [5.41, 5.74) is 1.22. The van der Waals surface area contributed by atoms with E-state index < -0.39 is 7.26 Å². The van der Waals surface area contributed by atoms with E-state index in [1.165, 1.54) is 5.57 Å². The smallest absolute Gasteiger partial charge is 0.188 e. The fourth-order valence-electron chi connectivity index (χ4n) is 4.05. The Kier molecular flexibility index (Phi) is 13.1.